The van der Waals surface area contributed by atoms with Crippen molar-refractivity contribution in [2.75, 3.05) is 32.7 Å². The number of hydrogen-bond acceptors (Lipinski definition) is 4. The highest BCUT2D eigenvalue weighted by atomic mass is 127. The highest BCUT2D eigenvalue weighted by Crippen LogP contribution is 2.25. The number of aliphatic imine (C=N–C) groups is 1. The van der Waals surface area contributed by atoms with Crippen LogP contribution in [0, 0.1) is 10.1 Å². The van der Waals surface area contributed by atoms with Crippen molar-refractivity contribution in [1.82, 2.24) is 15.1 Å². The number of guanidine groups is 1. The fraction of sp³-hybridized carbons (Fsp3) is 0.588. The second-order valence-corrected chi connectivity index (χ2v) is 6.30. The van der Waals surface area contributed by atoms with E-state index < -0.39 is 17.1 Å². The number of nitrogens with zero attached hydrogens (tertiary/aromatic N) is 4. The van der Waals surface area contributed by atoms with Crippen LogP contribution in [-0.4, -0.2) is 65.6 Å². The molecule has 1 aliphatic heterocycles. The lowest BCUT2D eigenvalue weighted by Gasteiger charge is -2.39. The minimum atomic E-state index is -4.24. The van der Waals surface area contributed by atoms with E-state index in [-0.39, 0.29) is 49.3 Å². The summed E-state index contributed by atoms with van der Waals surface area (Å²) < 4.78 is 38.6. The molecule has 1 heterocycles. The number of nitrogens with one attached hydrogen (secondary N) is 1. The number of nitro groups is 1. The Morgan fingerprint density at radius 2 is 1.89 bits per heavy atom. The van der Waals surface area contributed by atoms with Crippen LogP contribution in [0.2, 0.25) is 0 Å². The third-order valence-electron chi connectivity index (χ3n) is 4.56. The zero-order valence-electron chi connectivity index (χ0n) is 15.8. The molecule has 1 fully saturated rings. The predicted molar refractivity (Wildman–Crippen MR) is 112 cm³/mol. The Morgan fingerprint density at radius 1 is 1.29 bits per heavy atom. The molecular weight excluding hydrogens is 490 g/mol. The van der Waals surface area contributed by atoms with Crippen molar-refractivity contribution in [3.63, 3.8) is 0 Å². The van der Waals surface area contributed by atoms with E-state index in [4.69, 9.17) is 0 Å². The summed E-state index contributed by atoms with van der Waals surface area (Å²) in [5, 5.41) is 14.2. The zero-order valence-corrected chi connectivity index (χ0v) is 18.1. The zero-order chi connectivity index (χ0) is 20.0. The summed E-state index contributed by atoms with van der Waals surface area (Å²) in [4.78, 5) is 18.4. The number of alkyl halides is 3. The van der Waals surface area contributed by atoms with Gasteiger partial charge in [-0.1, -0.05) is 18.2 Å². The van der Waals surface area contributed by atoms with Crippen LogP contribution in [0.5, 0.6) is 0 Å². The van der Waals surface area contributed by atoms with Crippen LogP contribution in [0.25, 0.3) is 0 Å². The van der Waals surface area contributed by atoms with Gasteiger partial charge in [-0.3, -0.25) is 15.0 Å². The van der Waals surface area contributed by atoms with Gasteiger partial charge in [0.05, 0.1) is 17.0 Å². The lowest BCUT2D eigenvalue weighted by molar-refractivity contribution is -0.385. The highest BCUT2D eigenvalue weighted by molar-refractivity contribution is 14.0. The fourth-order valence-corrected chi connectivity index (χ4v) is 2.94. The van der Waals surface area contributed by atoms with Crippen LogP contribution in [0.3, 0.4) is 0 Å². The van der Waals surface area contributed by atoms with Crippen molar-refractivity contribution in [3.8, 4) is 0 Å². The molecule has 1 aromatic carbocycles. The van der Waals surface area contributed by atoms with E-state index in [2.05, 4.69) is 10.3 Å². The monoisotopic (exact) mass is 515 g/mol. The van der Waals surface area contributed by atoms with Crippen LogP contribution >= 0.6 is 24.0 Å². The van der Waals surface area contributed by atoms with Crippen molar-refractivity contribution in [3.05, 3.63) is 39.9 Å². The van der Waals surface area contributed by atoms with Crippen molar-refractivity contribution in [2.45, 2.75) is 32.6 Å². The van der Waals surface area contributed by atoms with E-state index in [1.807, 2.05) is 11.8 Å². The van der Waals surface area contributed by atoms with Gasteiger partial charge in [-0.15, -0.1) is 24.0 Å². The smallest absolute Gasteiger partial charge is 0.357 e. The third kappa shape index (κ3) is 6.47. The molecule has 0 aliphatic carbocycles. The Bertz CT molecular complexity index is 679. The predicted octanol–water partition coefficient (Wildman–Crippen LogP) is 3.25. The fourth-order valence-electron chi connectivity index (χ4n) is 2.94. The van der Waals surface area contributed by atoms with Gasteiger partial charge in [0, 0.05) is 38.8 Å². The van der Waals surface area contributed by atoms with Gasteiger partial charge in [-0.25, -0.2) is 4.99 Å². The lowest BCUT2D eigenvalue weighted by Crippen LogP contribution is -2.56. The first kappa shape index (κ1) is 24.4. The normalized spacial score (nSPS) is 17.0. The number of benzene rings is 1. The van der Waals surface area contributed by atoms with E-state index >= 15 is 0 Å². The molecule has 158 valence electrons. The van der Waals surface area contributed by atoms with Gasteiger partial charge in [-0.2, -0.15) is 13.2 Å². The maximum atomic E-state index is 12.9. The standard InChI is InChI=1S/C17H24F3N5O2.HI/c1-3-21-16(22-12-14-6-4-5-7-15(14)25(26)27)24-10-8-23(9-11-24)13(2)17(18,19)20;/h4-7,13H,3,8-12H2,1-2H3,(H,21,22);1H. The van der Waals surface area contributed by atoms with Crippen molar-refractivity contribution in [2.24, 2.45) is 4.99 Å². The Morgan fingerprint density at radius 3 is 2.43 bits per heavy atom. The molecule has 1 N–H and O–H groups in total. The van der Waals surface area contributed by atoms with Crippen LogP contribution in [0.15, 0.2) is 29.3 Å². The van der Waals surface area contributed by atoms with Crippen molar-refractivity contribution in [1.29, 1.82) is 0 Å². The summed E-state index contributed by atoms with van der Waals surface area (Å²) in [6, 6.07) is 4.90. The molecule has 2 rings (SSSR count). The Hall–Kier alpha value is -1.63. The molecule has 1 aliphatic rings. The largest absolute Gasteiger partial charge is 0.403 e. The van der Waals surface area contributed by atoms with Gasteiger partial charge in [0.25, 0.3) is 5.69 Å². The Kier molecular flexibility index (Phi) is 9.40. The third-order valence-corrected chi connectivity index (χ3v) is 4.56. The highest BCUT2D eigenvalue weighted by Gasteiger charge is 2.41. The van der Waals surface area contributed by atoms with E-state index in [0.29, 0.717) is 31.2 Å². The van der Waals surface area contributed by atoms with Gasteiger partial charge >= 0.3 is 6.18 Å². The maximum Gasteiger partial charge on any atom is 0.403 e. The van der Waals surface area contributed by atoms with Gasteiger partial charge in [0.1, 0.15) is 6.04 Å². The molecule has 1 saturated heterocycles. The molecular formula is C17H25F3IN5O2. The summed E-state index contributed by atoms with van der Waals surface area (Å²) in [6.45, 7) is 5.14. The lowest BCUT2D eigenvalue weighted by atomic mass is 10.2. The van der Waals surface area contributed by atoms with Gasteiger partial charge in [0.2, 0.25) is 0 Å². The molecule has 1 unspecified atom stereocenters. The molecule has 1 atom stereocenters. The molecule has 0 spiro atoms. The van der Waals surface area contributed by atoms with E-state index in [9.17, 15) is 23.3 Å². The Balaban J connectivity index is 0.00000392. The minimum Gasteiger partial charge on any atom is -0.357 e. The number of hydrogen-bond donors (Lipinski definition) is 1. The van der Waals surface area contributed by atoms with E-state index in [1.54, 1.807) is 18.2 Å². The van der Waals surface area contributed by atoms with Crippen molar-refractivity contribution >= 4 is 35.6 Å². The first-order chi connectivity index (χ1) is 12.7. The molecule has 11 heteroatoms. The first-order valence-corrected chi connectivity index (χ1v) is 8.80. The van der Waals surface area contributed by atoms with Crippen LogP contribution in [0.1, 0.15) is 19.4 Å². The minimum absolute atomic E-state index is 0. The molecule has 0 saturated carbocycles. The van der Waals surface area contributed by atoms with Gasteiger partial charge in [0.15, 0.2) is 5.96 Å². The topological polar surface area (TPSA) is 74.0 Å². The van der Waals surface area contributed by atoms with Crippen LogP contribution in [-0.2, 0) is 6.54 Å². The number of rotatable bonds is 5. The summed E-state index contributed by atoms with van der Waals surface area (Å²) in [5.41, 5.74) is 0.489. The average molecular weight is 515 g/mol. The Labute approximate surface area is 179 Å². The summed E-state index contributed by atoms with van der Waals surface area (Å²) in [5.74, 6) is 0.551. The SMILES string of the molecule is CCNC(=NCc1ccccc1[N+](=O)[O-])N1CCN(C(C)C(F)(F)F)CC1.I. The maximum absolute atomic E-state index is 12.9. The molecule has 1 aromatic rings. The van der Waals surface area contributed by atoms with Gasteiger partial charge in [-0.05, 0) is 13.8 Å². The number of halogens is 4. The first-order valence-electron chi connectivity index (χ1n) is 8.80. The summed E-state index contributed by atoms with van der Waals surface area (Å²) in [7, 11) is 0. The second kappa shape index (κ2) is 10.8. The molecule has 0 bridgehead atoms. The summed E-state index contributed by atoms with van der Waals surface area (Å²) in [6.07, 6.45) is -4.24. The molecule has 7 nitrogen and oxygen atoms in total. The number of para-hydroxylation sites is 1. The quantitative estimate of drug-likeness (QED) is 0.214. The average Bonchev–Trinajstić information content (AvgIpc) is 2.64. The molecule has 0 aromatic heterocycles. The van der Waals surface area contributed by atoms with E-state index in [0.717, 1.165) is 0 Å². The number of nitro benzene ring substituents is 1. The van der Waals surface area contributed by atoms with E-state index in [1.165, 1.54) is 17.9 Å². The van der Waals surface area contributed by atoms with Crippen LogP contribution in [0.4, 0.5) is 18.9 Å². The number of piperazine rings is 1. The van der Waals surface area contributed by atoms with Crippen LogP contribution < -0.4 is 5.32 Å². The second-order valence-electron chi connectivity index (χ2n) is 6.30. The molecule has 28 heavy (non-hydrogen) atoms. The summed E-state index contributed by atoms with van der Waals surface area (Å²) >= 11 is 0. The molecule has 0 radical (unpaired) electrons. The molecule has 0 amide bonds. The van der Waals surface area contributed by atoms with Crippen molar-refractivity contribution < 1.29 is 18.1 Å². The van der Waals surface area contributed by atoms with Gasteiger partial charge < -0.3 is 10.2 Å².